The van der Waals surface area contributed by atoms with Gasteiger partial charge in [-0.1, -0.05) is 27.7 Å². The second kappa shape index (κ2) is 2.56. The number of rotatable bonds is 2. The Balaban J connectivity index is 2.23. The molecule has 0 aromatic rings. The fourth-order valence-electron chi connectivity index (χ4n) is 1.80. The minimum absolute atomic E-state index is 0.544. The molecule has 0 aromatic carbocycles. The Labute approximate surface area is 65.0 Å². The van der Waals surface area contributed by atoms with Crippen molar-refractivity contribution in [1.29, 1.82) is 0 Å². The molecule has 0 radical (unpaired) electrons. The summed E-state index contributed by atoms with van der Waals surface area (Å²) in [6.45, 7) is 9.42. The van der Waals surface area contributed by atoms with Crippen molar-refractivity contribution >= 4 is 0 Å². The first kappa shape index (κ1) is 8.10. The van der Waals surface area contributed by atoms with E-state index in [4.69, 9.17) is 0 Å². The molecule has 1 fully saturated rings. The van der Waals surface area contributed by atoms with E-state index < -0.39 is 0 Å². The lowest BCUT2D eigenvalue weighted by Gasteiger charge is -2.22. The molecule has 0 saturated heterocycles. The molecular formula is C10H20. The molecule has 0 N–H and O–H groups in total. The van der Waals surface area contributed by atoms with Crippen LogP contribution >= 0.6 is 0 Å². The topological polar surface area (TPSA) is 0 Å². The third-order valence-electron chi connectivity index (χ3n) is 2.36. The highest BCUT2D eigenvalue weighted by Gasteiger charge is 2.30. The van der Waals surface area contributed by atoms with Crippen LogP contribution in [0.1, 0.15) is 47.0 Å². The van der Waals surface area contributed by atoms with Gasteiger partial charge in [0.2, 0.25) is 0 Å². The first-order valence-electron chi connectivity index (χ1n) is 4.49. The van der Waals surface area contributed by atoms with Gasteiger partial charge in [0.15, 0.2) is 0 Å². The lowest BCUT2D eigenvalue weighted by Crippen LogP contribution is -2.11. The molecular weight excluding hydrogens is 120 g/mol. The van der Waals surface area contributed by atoms with E-state index in [1.165, 1.54) is 19.3 Å². The van der Waals surface area contributed by atoms with Crippen LogP contribution < -0.4 is 0 Å². The van der Waals surface area contributed by atoms with Gasteiger partial charge in [-0.3, -0.25) is 0 Å². The first-order valence-corrected chi connectivity index (χ1v) is 4.49. The van der Waals surface area contributed by atoms with Crippen LogP contribution in [-0.4, -0.2) is 0 Å². The smallest absolute Gasteiger partial charge is 0.0380 e. The SMILES string of the molecule is CC(CC(C)(C)C)C1CC1. The molecule has 1 unspecified atom stereocenters. The Kier molecular flexibility index (Phi) is 2.07. The lowest BCUT2D eigenvalue weighted by atomic mass is 9.83. The lowest BCUT2D eigenvalue weighted by molar-refractivity contribution is 0.287. The Bertz CT molecular complexity index is 104. The van der Waals surface area contributed by atoms with Gasteiger partial charge in [0.05, 0.1) is 0 Å². The van der Waals surface area contributed by atoms with E-state index in [2.05, 4.69) is 27.7 Å². The second-order valence-electron chi connectivity index (χ2n) is 5.08. The standard InChI is InChI=1S/C10H20/c1-8(9-5-6-9)7-10(2,3)4/h8-9H,5-7H2,1-4H3. The minimum atomic E-state index is 0.544. The molecule has 0 heterocycles. The highest BCUT2D eigenvalue weighted by atomic mass is 14.4. The molecule has 0 spiro atoms. The number of hydrogen-bond donors (Lipinski definition) is 0. The summed E-state index contributed by atoms with van der Waals surface area (Å²) >= 11 is 0. The Morgan fingerprint density at radius 2 is 1.80 bits per heavy atom. The van der Waals surface area contributed by atoms with E-state index in [1.807, 2.05) is 0 Å². The highest BCUT2D eigenvalue weighted by Crippen LogP contribution is 2.41. The van der Waals surface area contributed by atoms with Crippen molar-refractivity contribution in [3.63, 3.8) is 0 Å². The third-order valence-corrected chi connectivity index (χ3v) is 2.36. The normalized spacial score (nSPS) is 22.8. The average Bonchev–Trinajstić information content (AvgIpc) is 2.35. The predicted molar refractivity (Wildman–Crippen MR) is 46.0 cm³/mol. The van der Waals surface area contributed by atoms with Crippen LogP contribution in [-0.2, 0) is 0 Å². The Morgan fingerprint density at radius 3 is 2.10 bits per heavy atom. The van der Waals surface area contributed by atoms with Gasteiger partial charge < -0.3 is 0 Å². The van der Waals surface area contributed by atoms with E-state index in [1.54, 1.807) is 0 Å². The zero-order valence-corrected chi connectivity index (χ0v) is 7.78. The van der Waals surface area contributed by atoms with Gasteiger partial charge in [-0.25, -0.2) is 0 Å². The first-order chi connectivity index (χ1) is 4.49. The van der Waals surface area contributed by atoms with Crippen molar-refractivity contribution in [1.82, 2.24) is 0 Å². The van der Waals surface area contributed by atoms with Gasteiger partial charge in [-0.15, -0.1) is 0 Å². The van der Waals surface area contributed by atoms with Crippen molar-refractivity contribution in [2.45, 2.75) is 47.0 Å². The third kappa shape index (κ3) is 2.72. The van der Waals surface area contributed by atoms with Crippen LogP contribution in [0, 0.1) is 17.3 Å². The molecule has 0 amide bonds. The molecule has 1 aliphatic rings. The van der Waals surface area contributed by atoms with Gasteiger partial charge in [0.25, 0.3) is 0 Å². The van der Waals surface area contributed by atoms with E-state index in [0.29, 0.717) is 5.41 Å². The van der Waals surface area contributed by atoms with E-state index >= 15 is 0 Å². The maximum Gasteiger partial charge on any atom is -0.0380 e. The number of hydrogen-bond acceptors (Lipinski definition) is 0. The predicted octanol–water partition coefficient (Wildman–Crippen LogP) is 3.47. The summed E-state index contributed by atoms with van der Waals surface area (Å²) in [6, 6.07) is 0. The van der Waals surface area contributed by atoms with Crippen molar-refractivity contribution in [2.24, 2.45) is 17.3 Å². The van der Waals surface area contributed by atoms with Crippen LogP contribution in [0.15, 0.2) is 0 Å². The van der Waals surface area contributed by atoms with Crippen molar-refractivity contribution in [2.75, 3.05) is 0 Å². The molecule has 1 atom stereocenters. The minimum Gasteiger partial charge on any atom is -0.0622 e. The summed E-state index contributed by atoms with van der Waals surface area (Å²) in [5, 5.41) is 0. The molecule has 1 saturated carbocycles. The Morgan fingerprint density at radius 1 is 1.30 bits per heavy atom. The molecule has 0 bridgehead atoms. The van der Waals surface area contributed by atoms with E-state index in [9.17, 15) is 0 Å². The second-order valence-corrected chi connectivity index (χ2v) is 5.08. The molecule has 1 aliphatic carbocycles. The summed E-state index contributed by atoms with van der Waals surface area (Å²) in [5.74, 6) is 2.05. The summed E-state index contributed by atoms with van der Waals surface area (Å²) < 4.78 is 0. The van der Waals surface area contributed by atoms with Gasteiger partial charge >= 0.3 is 0 Å². The monoisotopic (exact) mass is 140 g/mol. The zero-order valence-electron chi connectivity index (χ0n) is 7.78. The molecule has 10 heavy (non-hydrogen) atoms. The maximum absolute atomic E-state index is 2.41. The van der Waals surface area contributed by atoms with Crippen molar-refractivity contribution < 1.29 is 0 Å². The molecule has 1 rings (SSSR count). The molecule has 0 nitrogen and oxygen atoms in total. The van der Waals surface area contributed by atoms with Gasteiger partial charge in [0.1, 0.15) is 0 Å². The summed E-state index contributed by atoms with van der Waals surface area (Å²) in [4.78, 5) is 0. The van der Waals surface area contributed by atoms with Crippen LogP contribution in [0.25, 0.3) is 0 Å². The van der Waals surface area contributed by atoms with Gasteiger partial charge in [0, 0.05) is 0 Å². The van der Waals surface area contributed by atoms with E-state index in [0.717, 1.165) is 11.8 Å². The van der Waals surface area contributed by atoms with Gasteiger partial charge in [-0.05, 0) is 36.5 Å². The van der Waals surface area contributed by atoms with Gasteiger partial charge in [-0.2, -0.15) is 0 Å². The average molecular weight is 140 g/mol. The highest BCUT2D eigenvalue weighted by molar-refractivity contribution is 4.81. The van der Waals surface area contributed by atoms with Crippen LogP contribution in [0.4, 0.5) is 0 Å². The van der Waals surface area contributed by atoms with E-state index in [-0.39, 0.29) is 0 Å². The largest absolute Gasteiger partial charge is 0.0622 e. The summed E-state index contributed by atoms with van der Waals surface area (Å²) in [7, 11) is 0. The van der Waals surface area contributed by atoms with Crippen LogP contribution in [0.2, 0.25) is 0 Å². The summed E-state index contributed by atoms with van der Waals surface area (Å²) in [5.41, 5.74) is 0.544. The fraction of sp³-hybridized carbons (Fsp3) is 1.00. The van der Waals surface area contributed by atoms with Crippen molar-refractivity contribution in [3.8, 4) is 0 Å². The fourth-order valence-corrected chi connectivity index (χ4v) is 1.80. The zero-order chi connectivity index (χ0) is 7.78. The van der Waals surface area contributed by atoms with Crippen molar-refractivity contribution in [3.05, 3.63) is 0 Å². The summed E-state index contributed by atoms with van der Waals surface area (Å²) in [6.07, 6.45) is 4.40. The molecule has 60 valence electrons. The molecule has 0 aromatic heterocycles. The quantitative estimate of drug-likeness (QED) is 0.551. The Hall–Kier alpha value is 0. The molecule has 0 heteroatoms. The van der Waals surface area contributed by atoms with Crippen LogP contribution in [0.5, 0.6) is 0 Å². The van der Waals surface area contributed by atoms with Crippen LogP contribution in [0.3, 0.4) is 0 Å². The molecule has 0 aliphatic heterocycles. The maximum atomic E-state index is 2.41.